The Balaban J connectivity index is 1.31. The Morgan fingerprint density at radius 1 is 1.36 bits per heavy atom. The lowest BCUT2D eigenvalue weighted by molar-refractivity contribution is 0.0920. The van der Waals surface area contributed by atoms with Crippen LogP contribution >= 0.6 is 11.3 Å². The summed E-state index contributed by atoms with van der Waals surface area (Å²) >= 11 is 1.27. The number of anilines is 2. The fourth-order valence-corrected chi connectivity index (χ4v) is 5.52. The van der Waals surface area contributed by atoms with Crippen molar-refractivity contribution in [1.82, 2.24) is 10.3 Å². The van der Waals surface area contributed by atoms with Gasteiger partial charge in [-0.05, 0) is 37.1 Å². The van der Waals surface area contributed by atoms with Gasteiger partial charge >= 0.3 is 0 Å². The second-order valence-corrected chi connectivity index (χ2v) is 9.59. The first-order valence-electron chi connectivity index (χ1n) is 10.8. The zero-order chi connectivity index (χ0) is 23.3. The molecule has 0 radical (unpaired) electrons. The molecule has 5 N–H and O–H groups in total. The van der Waals surface area contributed by atoms with Crippen molar-refractivity contribution in [2.24, 2.45) is 5.73 Å². The van der Waals surface area contributed by atoms with Crippen LogP contribution in [0.15, 0.2) is 24.3 Å². The van der Waals surface area contributed by atoms with E-state index in [1.807, 2.05) is 24.0 Å². The van der Waals surface area contributed by atoms with E-state index in [4.69, 9.17) is 20.9 Å². The van der Waals surface area contributed by atoms with E-state index < -0.39 is 0 Å². The Labute approximate surface area is 194 Å². The minimum atomic E-state index is -0.344. The van der Waals surface area contributed by atoms with E-state index in [0.717, 1.165) is 15.9 Å². The zero-order valence-electron chi connectivity index (χ0n) is 18.4. The van der Waals surface area contributed by atoms with E-state index >= 15 is 0 Å². The number of hydrogen-bond donors (Lipinski definition) is 3. The Hall–Kier alpha value is -2.95. The molecule has 1 fully saturated rings. The van der Waals surface area contributed by atoms with Crippen LogP contribution in [0.2, 0.25) is 0 Å². The highest BCUT2D eigenvalue weighted by Crippen LogP contribution is 2.35. The van der Waals surface area contributed by atoms with Crippen LogP contribution in [0, 0.1) is 12.7 Å². The molecule has 5 rings (SSSR count). The number of hydrogen-bond acceptors (Lipinski definition) is 8. The fourth-order valence-electron chi connectivity index (χ4n) is 4.48. The number of nitrogens with one attached hydrogen (secondary N) is 1. The summed E-state index contributed by atoms with van der Waals surface area (Å²) in [7, 11) is 1.61. The molecule has 3 atom stereocenters. The number of carbonyl (C=O) groups excluding carboxylic acids is 1. The number of nitrogens with two attached hydrogens (primary N) is 2. The molecule has 4 heterocycles. The lowest BCUT2D eigenvalue weighted by Crippen LogP contribution is -2.42. The standard InChI is InChI=1S/C23H26FN5O3S/c1-11-3-4-14-20(26)21(33-23(14)27-11)22(30)28-13-5-12-6-15(24)17(7-18(12)32-10-13)29-8-16(25)19(9-29)31-2/h3-4,6-7,13,16,19H,5,8-10,25-26H2,1-2H3,(H,28,30)/t13-,16+,19+/m0/s1. The van der Waals surface area contributed by atoms with Crippen LogP contribution in [0.3, 0.4) is 0 Å². The smallest absolute Gasteiger partial charge is 0.263 e. The normalized spacial score (nSPS) is 22.3. The summed E-state index contributed by atoms with van der Waals surface area (Å²) in [5.74, 6) is -0.00480. The summed E-state index contributed by atoms with van der Waals surface area (Å²) in [4.78, 5) is 20.4. The van der Waals surface area contributed by atoms with Crippen LogP contribution in [0.5, 0.6) is 5.75 Å². The minimum Gasteiger partial charge on any atom is -0.491 e. The number of halogens is 1. The largest absolute Gasteiger partial charge is 0.491 e. The maximum absolute atomic E-state index is 15.0. The molecule has 8 nitrogen and oxygen atoms in total. The molecule has 3 aromatic rings. The summed E-state index contributed by atoms with van der Waals surface area (Å²) < 4.78 is 26.2. The molecule has 0 spiro atoms. The van der Waals surface area contributed by atoms with Crippen LogP contribution in [0.25, 0.3) is 10.2 Å². The van der Waals surface area contributed by atoms with Gasteiger partial charge in [0.1, 0.15) is 27.9 Å². The molecular formula is C23H26FN5O3S. The summed E-state index contributed by atoms with van der Waals surface area (Å²) in [6.45, 7) is 3.21. The molecule has 33 heavy (non-hydrogen) atoms. The first kappa shape index (κ1) is 21.9. The predicted molar refractivity (Wildman–Crippen MR) is 127 cm³/mol. The number of nitrogens with zero attached hydrogens (tertiary/aromatic N) is 2. The number of aryl methyl sites for hydroxylation is 1. The molecule has 174 valence electrons. The maximum atomic E-state index is 15.0. The summed E-state index contributed by atoms with van der Waals surface area (Å²) in [5, 5.41) is 3.74. The topological polar surface area (TPSA) is 116 Å². The van der Waals surface area contributed by atoms with Gasteiger partial charge in [0.2, 0.25) is 0 Å². The van der Waals surface area contributed by atoms with E-state index in [1.165, 1.54) is 17.4 Å². The van der Waals surface area contributed by atoms with E-state index in [-0.39, 0.29) is 36.5 Å². The van der Waals surface area contributed by atoms with Crippen molar-refractivity contribution in [1.29, 1.82) is 0 Å². The molecule has 0 saturated carbocycles. The highest BCUT2D eigenvalue weighted by Gasteiger charge is 2.33. The van der Waals surface area contributed by atoms with Crippen molar-refractivity contribution < 1.29 is 18.7 Å². The van der Waals surface area contributed by atoms with E-state index in [0.29, 0.717) is 47.1 Å². The number of rotatable bonds is 4. The summed E-state index contributed by atoms with van der Waals surface area (Å²) in [6, 6.07) is 6.47. The van der Waals surface area contributed by atoms with Crippen molar-refractivity contribution in [2.75, 3.05) is 37.4 Å². The number of methoxy groups -OCH3 is 1. The van der Waals surface area contributed by atoms with Crippen LogP contribution in [0.1, 0.15) is 20.9 Å². The van der Waals surface area contributed by atoms with E-state index in [2.05, 4.69) is 10.3 Å². The number of thiophene rings is 1. The van der Waals surface area contributed by atoms with Crippen LogP contribution < -0.4 is 26.4 Å². The monoisotopic (exact) mass is 471 g/mol. The number of amides is 1. The van der Waals surface area contributed by atoms with Gasteiger partial charge in [-0.15, -0.1) is 11.3 Å². The van der Waals surface area contributed by atoms with Crippen molar-refractivity contribution in [3.05, 3.63) is 46.2 Å². The Morgan fingerprint density at radius 3 is 2.94 bits per heavy atom. The van der Waals surface area contributed by atoms with Crippen molar-refractivity contribution in [2.45, 2.75) is 31.5 Å². The molecular weight excluding hydrogens is 445 g/mol. The van der Waals surface area contributed by atoms with Crippen LogP contribution in [-0.4, -0.2) is 55.9 Å². The van der Waals surface area contributed by atoms with Gasteiger partial charge in [0.15, 0.2) is 0 Å². The van der Waals surface area contributed by atoms with Crippen LogP contribution in [-0.2, 0) is 11.2 Å². The minimum absolute atomic E-state index is 0.138. The molecule has 2 aromatic heterocycles. The average Bonchev–Trinajstić information content (AvgIpc) is 3.32. The molecule has 1 amide bonds. The lowest BCUT2D eigenvalue weighted by atomic mass is 10.0. The first-order valence-corrected chi connectivity index (χ1v) is 11.6. The number of fused-ring (bicyclic) bond motifs is 2. The van der Waals surface area contributed by atoms with E-state index in [9.17, 15) is 9.18 Å². The van der Waals surface area contributed by atoms with Crippen LogP contribution in [0.4, 0.5) is 15.8 Å². The van der Waals surface area contributed by atoms with Gasteiger partial charge in [-0.3, -0.25) is 4.79 Å². The molecule has 1 saturated heterocycles. The number of nitrogen functional groups attached to an aromatic ring is 1. The SMILES string of the molecule is CO[C@@H]1CN(c2cc3c(cc2F)C[C@H](NC(=O)c2sc4nc(C)ccc4c2N)CO3)C[C@H]1N. The second kappa shape index (κ2) is 8.44. The highest BCUT2D eigenvalue weighted by molar-refractivity contribution is 7.21. The number of benzene rings is 1. The van der Waals surface area contributed by atoms with Gasteiger partial charge in [0.05, 0.1) is 29.6 Å². The summed E-state index contributed by atoms with van der Waals surface area (Å²) in [5.41, 5.74) is 14.7. The molecule has 0 aliphatic carbocycles. The number of ether oxygens (including phenoxy) is 2. The van der Waals surface area contributed by atoms with Gasteiger partial charge in [-0.25, -0.2) is 9.37 Å². The molecule has 0 bridgehead atoms. The van der Waals surface area contributed by atoms with E-state index in [1.54, 1.807) is 13.2 Å². The van der Waals surface area contributed by atoms with Gasteiger partial charge in [-0.1, -0.05) is 0 Å². The molecule has 0 unspecified atom stereocenters. The number of aromatic nitrogens is 1. The maximum Gasteiger partial charge on any atom is 0.263 e. The average molecular weight is 472 g/mol. The predicted octanol–water partition coefficient (Wildman–Crippen LogP) is 2.22. The van der Waals surface area contributed by atoms with Gasteiger partial charge in [-0.2, -0.15) is 0 Å². The fraction of sp³-hybridized carbons (Fsp3) is 0.391. The van der Waals surface area contributed by atoms with Gasteiger partial charge in [0.25, 0.3) is 5.91 Å². The highest BCUT2D eigenvalue weighted by atomic mass is 32.1. The third kappa shape index (κ3) is 3.98. The molecule has 2 aliphatic heterocycles. The number of pyridine rings is 1. The molecule has 2 aliphatic rings. The Morgan fingerprint density at radius 2 is 2.18 bits per heavy atom. The third-order valence-electron chi connectivity index (χ3n) is 6.26. The summed E-state index contributed by atoms with van der Waals surface area (Å²) in [6.07, 6.45) is 0.321. The van der Waals surface area contributed by atoms with Crippen molar-refractivity contribution >= 4 is 38.8 Å². The van der Waals surface area contributed by atoms with Crippen molar-refractivity contribution in [3.8, 4) is 5.75 Å². The Kier molecular flexibility index (Phi) is 5.59. The quantitative estimate of drug-likeness (QED) is 0.534. The van der Waals surface area contributed by atoms with Gasteiger partial charge < -0.3 is 31.2 Å². The Bertz CT molecular complexity index is 1230. The first-order chi connectivity index (χ1) is 15.8. The zero-order valence-corrected chi connectivity index (χ0v) is 19.2. The van der Waals surface area contributed by atoms with Crippen molar-refractivity contribution in [3.63, 3.8) is 0 Å². The second-order valence-electron chi connectivity index (χ2n) is 8.59. The number of carbonyl (C=O) groups is 1. The lowest BCUT2D eigenvalue weighted by Gasteiger charge is -2.28. The third-order valence-corrected chi connectivity index (χ3v) is 7.38. The van der Waals surface area contributed by atoms with Gasteiger partial charge in [0, 0.05) is 37.3 Å². The molecule has 1 aromatic carbocycles. The molecule has 10 heteroatoms.